The van der Waals surface area contributed by atoms with E-state index in [0.29, 0.717) is 5.92 Å². The van der Waals surface area contributed by atoms with Gasteiger partial charge in [-0.15, -0.1) is 0 Å². The molecule has 0 amide bonds. The van der Waals surface area contributed by atoms with Crippen molar-refractivity contribution in [2.24, 2.45) is 11.8 Å². The van der Waals surface area contributed by atoms with Crippen molar-refractivity contribution in [1.29, 1.82) is 0 Å². The van der Waals surface area contributed by atoms with E-state index in [1.54, 1.807) is 0 Å². The zero-order valence-corrected chi connectivity index (χ0v) is 11.1. The van der Waals surface area contributed by atoms with Crippen LogP contribution in [0.4, 0.5) is 0 Å². The number of aliphatic hydroxyl groups is 1. The lowest BCUT2D eigenvalue weighted by atomic mass is 9.87. The second kappa shape index (κ2) is 4.69. The summed E-state index contributed by atoms with van der Waals surface area (Å²) < 4.78 is 5.67. The van der Waals surface area contributed by atoms with E-state index in [9.17, 15) is 5.11 Å². The molecule has 0 bridgehead atoms. The predicted octanol–water partition coefficient (Wildman–Crippen LogP) is 3.34. The second-order valence-corrected chi connectivity index (χ2v) is 5.55. The van der Waals surface area contributed by atoms with E-state index < -0.39 is 0 Å². The van der Waals surface area contributed by atoms with E-state index in [2.05, 4.69) is 33.8 Å². The molecule has 3 atom stereocenters. The number of hydrogen-bond donors (Lipinski definition) is 1. The number of benzene rings is 1. The summed E-state index contributed by atoms with van der Waals surface area (Å²) in [6.45, 7) is 8.47. The molecule has 1 aliphatic heterocycles. The Morgan fingerprint density at radius 1 is 1.29 bits per heavy atom. The van der Waals surface area contributed by atoms with Crippen LogP contribution in [0.5, 0.6) is 5.75 Å². The highest BCUT2D eigenvalue weighted by atomic mass is 16.5. The van der Waals surface area contributed by atoms with E-state index in [1.807, 2.05) is 12.1 Å². The van der Waals surface area contributed by atoms with Crippen LogP contribution in [0.15, 0.2) is 18.2 Å². The first-order valence-electron chi connectivity index (χ1n) is 6.46. The van der Waals surface area contributed by atoms with Crippen LogP contribution in [0.3, 0.4) is 0 Å². The summed E-state index contributed by atoms with van der Waals surface area (Å²) in [5.74, 6) is 1.73. The molecule has 0 saturated carbocycles. The summed E-state index contributed by atoms with van der Waals surface area (Å²) in [6, 6.07) is 6.08. The molecule has 0 radical (unpaired) electrons. The molecule has 0 aromatic heterocycles. The lowest BCUT2D eigenvalue weighted by Crippen LogP contribution is -2.15. The van der Waals surface area contributed by atoms with Gasteiger partial charge in [0, 0.05) is 6.42 Å². The molecule has 2 nitrogen and oxygen atoms in total. The molecule has 3 unspecified atom stereocenters. The average Bonchev–Trinajstić information content (AvgIpc) is 2.65. The average molecular weight is 234 g/mol. The monoisotopic (exact) mass is 234 g/mol. The Morgan fingerprint density at radius 2 is 2.00 bits per heavy atom. The SMILES string of the molecule is CC1Cc2cc(C(O)C(C)C(C)C)ccc2O1. The van der Waals surface area contributed by atoms with Gasteiger partial charge in [0.25, 0.3) is 0 Å². The fraction of sp³-hybridized carbons (Fsp3) is 0.600. The highest BCUT2D eigenvalue weighted by Gasteiger charge is 2.23. The fourth-order valence-electron chi connectivity index (χ4n) is 2.29. The van der Waals surface area contributed by atoms with Gasteiger partial charge < -0.3 is 9.84 Å². The van der Waals surface area contributed by atoms with Crippen molar-refractivity contribution in [3.63, 3.8) is 0 Å². The Labute approximate surface area is 104 Å². The molecule has 1 aromatic rings. The lowest BCUT2D eigenvalue weighted by Gasteiger charge is -2.22. The molecular formula is C15H22O2. The fourth-order valence-corrected chi connectivity index (χ4v) is 2.29. The third-order valence-electron chi connectivity index (χ3n) is 3.81. The second-order valence-electron chi connectivity index (χ2n) is 5.55. The topological polar surface area (TPSA) is 29.5 Å². The van der Waals surface area contributed by atoms with E-state index >= 15 is 0 Å². The Morgan fingerprint density at radius 3 is 2.65 bits per heavy atom. The molecule has 1 N–H and O–H groups in total. The molecule has 1 aliphatic rings. The maximum atomic E-state index is 10.3. The minimum absolute atomic E-state index is 0.264. The third-order valence-corrected chi connectivity index (χ3v) is 3.81. The smallest absolute Gasteiger partial charge is 0.123 e. The van der Waals surface area contributed by atoms with Gasteiger partial charge in [0.2, 0.25) is 0 Å². The van der Waals surface area contributed by atoms with Gasteiger partial charge in [-0.25, -0.2) is 0 Å². The minimum Gasteiger partial charge on any atom is -0.490 e. The molecule has 2 heteroatoms. The van der Waals surface area contributed by atoms with E-state index in [1.165, 1.54) is 5.56 Å². The molecular weight excluding hydrogens is 212 g/mol. The largest absolute Gasteiger partial charge is 0.490 e. The molecule has 0 fully saturated rings. The van der Waals surface area contributed by atoms with E-state index in [-0.39, 0.29) is 18.1 Å². The van der Waals surface area contributed by atoms with Gasteiger partial charge in [0.05, 0.1) is 6.10 Å². The normalized spacial score (nSPS) is 22.1. The minimum atomic E-state index is -0.379. The van der Waals surface area contributed by atoms with Crippen molar-refractivity contribution in [2.75, 3.05) is 0 Å². The van der Waals surface area contributed by atoms with Gasteiger partial charge in [-0.1, -0.05) is 26.8 Å². The highest BCUT2D eigenvalue weighted by Crippen LogP contribution is 2.34. The summed E-state index contributed by atoms with van der Waals surface area (Å²) in [5, 5.41) is 10.3. The molecule has 2 rings (SSSR count). The quantitative estimate of drug-likeness (QED) is 0.869. The van der Waals surface area contributed by atoms with Gasteiger partial charge in [-0.3, -0.25) is 0 Å². The van der Waals surface area contributed by atoms with Crippen molar-refractivity contribution in [3.8, 4) is 5.75 Å². The Balaban J connectivity index is 2.21. The van der Waals surface area contributed by atoms with Gasteiger partial charge in [-0.2, -0.15) is 0 Å². The molecule has 1 heterocycles. The van der Waals surface area contributed by atoms with Gasteiger partial charge in [-0.05, 0) is 42.0 Å². The van der Waals surface area contributed by atoms with Crippen molar-refractivity contribution >= 4 is 0 Å². The third kappa shape index (κ3) is 2.47. The summed E-state index contributed by atoms with van der Waals surface area (Å²) in [4.78, 5) is 0. The standard InChI is InChI=1S/C15H22O2/c1-9(2)11(4)15(16)12-5-6-14-13(8-12)7-10(3)17-14/h5-6,8-11,15-16H,7H2,1-4H3. The molecule has 0 saturated heterocycles. The maximum absolute atomic E-state index is 10.3. The molecule has 0 aliphatic carbocycles. The summed E-state index contributed by atoms with van der Waals surface area (Å²) in [5.41, 5.74) is 2.24. The van der Waals surface area contributed by atoms with Crippen LogP contribution in [0.1, 0.15) is 44.9 Å². The first kappa shape index (κ1) is 12.4. The number of hydrogen-bond acceptors (Lipinski definition) is 2. The van der Waals surface area contributed by atoms with Crippen LogP contribution >= 0.6 is 0 Å². The lowest BCUT2D eigenvalue weighted by molar-refractivity contribution is 0.0920. The Hall–Kier alpha value is -1.02. The summed E-state index contributed by atoms with van der Waals surface area (Å²) in [7, 11) is 0. The van der Waals surface area contributed by atoms with E-state index in [0.717, 1.165) is 17.7 Å². The first-order chi connectivity index (χ1) is 7.99. The maximum Gasteiger partial charge on any atom is 0.123 e. The van der Waals surface area contributed by atoms with Crippen LogP contribution < -0.4 is 4.74 Å². The van der Waals surface area contributed by atoms with Gasteiger partial charge in [0.15, 0.2) is 0 Å². The molecule has 0 spiro atoms. The zero-order valence-electron chi connectivity index (χ0n) is 11.1. The van der Waals surface area contributed by atoms with Crippen molar-refractivity contribution in [1.82, 2.24) is 0 Å². The first-order valence-corrected chi connectivity index (χ1v) is 6.46. The van der Waals surface area contributed by atoms with Crippen LogP contribution in [0.2, 0.25) is 0 Å². The predicted molar refractivity (Wildman–Crippen MR) is 69.2 cm³/mol. The van der Waals surface area contributed by atoms with Gasteiger partial charge >= 0.3 is 0 Å². The van der Waals surface area contributed by atoms with Crippen molar-refractivity contribution in [3.05, 3.63) is 29.3 Å². The molecule has 94 valence electrons. The Bertz CT molecular complexity index is 398. The number of fused-ring (bicyclic) bond motifs is 1. The van der Waals surface area contributed by atoms with Crippen LogP contribution in [-0.4, -0.2) is 11.2 Å². The molecule has 1 aromatic carbocycles. The Kier molecular flexibility index (Phi) is 3.43. The van der Waals surface area contributed by atoms with Crippen LogP contribution in [-0.2, 0) is 6.42 Å². The van der Waals surface area contributed by atoms with Crippen molar-refractivity contribution < 1.29 is 9.84 Å². The molecule has 17 heavy (non-hydrogen) atoms. The van der Waals surface area contributed by atoms with Gasteiger partial charge in [0.1, 0.15) is 11.9 Å². The van der Waals surface area contributed by atoms with E-state index in [4.69, 9.17) is 4.74 Å². The number of ether oxygens (including phenoxy) is 1. The summed E-state index contributed by atoms with van der Waals surface area (Å²) in [6.07, 6.45) is 0.836. The van der Waals surface area contributed by atoms with Crippen LogP contribution in [0.25, 0.3) is 0 Å². The number of rotatable bonds is 3. The number of aliphatic hydroxyl groups excluding tert-OH is 1. The highest BCUT2D eigenvalue weighted by molar-refractivity contribution is 5.41. The zero-order chi connectivity index (χ0) is 12.6. The van der Waals surface area contributed by atoms with Crippen LogP contribution in [0, 0.1) is 11.8 Å². The van der Waals surface area contributed by atoms with Crippen molar-refractivity contribution in [2.45, 2.75) is 46.3 Å². The summed E-state index contributed by atoms with van der Waals surface area (Å²) >= 11 is 0.